The minimum Gasteiger partial charge on any atom is -0.385 e. The lowest BCUT2D eigenvalue weighted by atomic mass is 9.94. The highest BCUT2D eigenvalue weighted by atomic mass is 16.3. The molecule has 0 radical (unpaired) electrons. The zero-order chi connectivity index (χ0) is 7.84. The lowest BCUT2D eigenvalue weighted by Crippen LogP contribution is -2.29. The van der Waals surface area contributed by atoms with Crippen LogP contribution in [0.1, 0.15) is 11.3 Å². The molecule has 1 aliphatic rings. The van der Waals surface area contributed by atoms with Crippen LogP contribution in [-0.2, 0) is 17.6 Å². The number of carbonyl (C=O) groups excluding carboxylic acids is 1. The van der Waals surface area contributed by atoms with Gasteiger partial charge in [0, 0.05) is 24.7 Å². The second-order valence-corrected chi connectivity index (χ2v) is 2.84. The number of H-pyrrole nitrogens is 1. The van der Waals surface area contributed by atoms with Crippen molar-refractivity contribution < 1.29 is 9.90 Å². The van der Waals surface area contributed by atoms with E-state index in [1.165, 1.54) is 0 Å². The number of nitrogens with one attached hydrogen (secondary N) is 1. The van der Waals surface area contributed by atoms with E-state index < -0.39 is 6.10 Å². The Bertz CT molecular complexity index is 290. The number of aliphatic hydroxyl groups is 1. The number of hydrogen-bond donors (Lipinski definition) is 2. The van der Waals surface area contributed by atoms with E-state index in [1.54, 1.807) is 6.20 Å². The van der Waals surface area contributed by atoms with Gasteiger partial charge in [-0.05, 0) is 11.6 Å². The van der Waals surface area contributed by atoms with E-state index in [9.17, 15) is 9.90 Å². The summed E-state index contributed by atoms with van der Waals surface area (Å²) in [6, 6.07) is 1.91. The van der Waals surface area contributed by atoms with Crippen molar-refractivity contribution in [3.8, 4) is 0 Å². The van der Waals surface area contributed by atoms with Crippen molar-refractivity contribution in [2.45, 2.75) is 18.9 Å². The van der Waals surface area contributed by atoms with E-state index in [0.29, 0.717) is 12.8 Å². The zero-order valence-corrected chi connectivity index (χ0v) is 6.00. The first-order chi connectivity index (χ1) is 5.27. The average Bonchev–Trinajstić information content (AvgIpc) is 2.36. The molecule has 1 unspecified atom stereocenters. The molecule has 2 rings (SSSR count). The van der Waals surface area contributed by atoms with Gasteiger partial charge in [-0.3, -0.25) is 4.79 Å². The lowest BCUT2D eigenvalue weighted by Gasteiger charge is -2.15. The summed E-state index contributed by atoms with van der Waals surface area (Å²) < 4.78 is 0. The Morgan fingerprint density at radius 3 is 3.27 bits per heavy atom. The van der Waals surface area contributed by atoms with Crippen LogP contribution in [0.4, 0.5) is 0 Å². The number of aromatic amines is 1. The minimum absolute atomic E-state index is 0.0834. The Kier molecular flexibility index (Phi) is 1.32. The SMILES string of the molecule is O=C1Cc2[nH]ccc2CC1O. The van der Waals surface area contributed by atoms with E-state index in [-0.39, 0.29) is 5.78 Å². The summed E-state index contributed by atoms with van der Waals surface area (Å²) in [5.41, 5.74) is 2.03. The third kappa shape index (κ3) is 0.973. The molecule has 0 amide bonds. The number of aliphatic hydroxyl groups excluding tert-OH is 1. The molecular weight excluding hydrogens is 142 g/mol. The minimum atomic E-state index is -0.779. The van der Waals surface area contributed by atoms with Crippen LogP contribution in [0.15, 0.2) is 12.3 Å². The summed E-state index contributed by atoms with van der Waals surface area (Å²) in [7, 11) is 0. The quantitative estimate of drug-likeness (QED) is 0.550. The predicted octanol–water partition coefficient (Wildman–Crippen LogP) is 0.0433. The Morgan fingerprint density at radius 1 is 1.64 bits per heavy atom. The molecule has 3 heteroatoms. The van der Waals surface area contributed by atoms with Gasteiger partial charge in [0.25, 0.3) is 0 Å². The Hall–Kier alpha value is -1.09. The van der Waals surface area contributed by atoms with Gasteiger partial charge in [0.2, 0.25) is 0 Å². The average molecular weight is 151 g/mol. The van der Waals surface area contributed by atoms with E-state index >= 15 is 0 Å². The maximum Gasteiger partial charge on any atom is 0.167 e. The summed E-state index contributed by atoms with van der Waals surface area (Å²) in [5, 5.41) is 9.18. The topological polar surface area (TPSA) is 53.1 Å². The maximum absolute atomic E-state index is 11.0. The number of carbonyl (C=O) groups is 1. The summed E-state index contributed by atoms with van der Waals surface area (Å²) in [5.74, 6) is -0.0834. The molecule has 1 aliphatic carbocycles. The van der Waals surface area contributed by atoms with Gasteiger partial charge in [-0.1, -0.05) is 0 Å². The van der Waals surface area contributed by atoms with Gasteiger partial charge in [0.05, 0.1) is 0 Å². The molecule has 0 bridgehead atoms. The van der Waals surface area contributed by atoms with Gasteiger partial charge in [-0.15, -0.1) is 0 Å². The van der Waals surface area contributed by atoms with Crippen LogP contribution in [0.5, 0.6) is 0 Å². The molecule has 0 aromatic carbocycles. The van der Waals surface area contributed by atoms with Crippen molar-refractivity contribution in [2.24, 2.45) is 0 Å². The number of rotatable bonds is 0. The second-order valence-electron chi connectivity index (χ2n) is 2.84. The fraction of sp³-hybridized carbons (Fsp3) is 0.375. The first-order valence-electron chi connectivity index (χ1n) is 3.63. The lowest BCUT2D eigenvalue weighted by molar-refractivity contribution is -0.127. The van der Waals surface area contributed by atoms with Crippen molar-refractivity contribution in [1.82, 2.24) is 4.98 Å². The third-order valence-electron chi connectivity index (χ3n) is 2.07. The Morgan fingerprint density at radius 2 is 2.45 bits per heavy atom. The molecule has 58 valence electrons. The van der Waals surface area contributed by atoms with Gasteiger partial charge in [0.1, 0.15) is 6.10 Å². The molecule has 1 aromatic rings. The molecule has 2 N–H and O–H groups in total. The van der Waals surface area contributed by atoms with Gasteiger partial charge < -0.3 is 10.1 Å². The van der Waals surface area contributed by atoms with Crippen molar-refractivity contribution >= 4 is 5.78 Å². The number of Topliss-reactive ketones (excluding diaryl/α,β-unsaturated/α-hetero) is 1. The summed E-state index contributed by atoms with van der Waals surface area (Å²) in [6.45, 7) is 0. The summed E-state index contributed by atoms with van der Waals surface area (Å²) >= 11 is 0. The highest BCUT2D eigenvalue weighted by Crippen LogP contribution is 2.17. The third-order valence-corrected chi connectivity index (χ3v) is 2.07. The molecule has 0 spiro atoms. The van der Waals surface area contributed by atoms with Crippen LogP contribution < -0.4 is 0 Å². The fourth-order valence-electron chi connectivity index (χ4n) is 1.41. The van der Waals surface area contributed by atoms with Crippen LogP contribution in [0.2, 0.25) is 0 Å². The number of ketones is 1. The van der Waals surface area contributed by atoms with Gasteiger partial charge in [-0.2, -0.15) is 0 Å². The van der Waals surface area contributed by atoms with E-state index in [2.05, 4.69) is 4.98 Å². The van der Waals surface area contributed by atoms with Gasteiger partial charge in [0.15, 0.2) is 5.78 Å². The first-order valence-corrected chi connectivity index (χ1v) is 3.63. The van der Waals surface area contributed by atoms with Gasteiger partial charge in [-0.25, -0.2) is 0 Å². The van der Waals surface area contributed by atoms with Crippen LogP contribution >= 0.6 is 0 Å². The summed E-state index contributed by atoms with van der Waals surface area (Å²) in [6.07, 6.45) is 1.84. The van der Waals surface area contributed by atoms with Crippen LogP contribution in [0, 0.1) is 0 Å². The number of hydrogen-bond acceptors (Lipinski definition) is 2. The Labute approximate surface area is 64.1 Å². The highest BCUT2D eigenvalue weighted by molar-refractivity contribution is 5.86. The smallest absolute Gasteiger partial charge is 0.167 e. The highest BCUT2D eigenvalue weighted by Gasteiger charge is 2.24. The van der Waals surface area contributed by atoms with Crippen molar-refractivity contribution in [2.75, 3.05) is 0 Å². The molecule has 1 heterocycles. The van der Waals surface area contributed by atoms with E-state index in [1.807, 2.05) is 6.07 Å². The van der Waals surface area contributed by atoms with Crippen LogP contribution in [0.3, 0.4) is 0 Å². The second kappa shape index (κ2) is 2.20. The first kappa shape index (κ1) is 6.61. The van der Waals surface area contributed by atoms with Gasteiger partial charge >= 0.3 is 0 Å². The predicted molar refractivity (Wildman–Crippen MR) is 39.2 cm³/mol. The molecule has 0 fully saturated rings. The molecule has 1 atom stereocenters. The molecule has 3 nitrogen and oxygen atoms in total. The van der Waals surface area contributed by atoms with Crippen molar-refractivity contribution in [3.63, 3.8) is 0 Å². The monoisotopic (exact) mass is 151 g/mol. The molecule has 0 aliphatic heterocycles. The molecule has 11 heavy (non-hydrogen) atoms. The molecule has 0 saturated carbocycles. The normalized spacial score (nSPS) is 23.4. The number of aromatic nitrogens is 1. The zero-order valence-electron chi connectivity index (χ0n) is 6.00. The fourth-order valence-corrected chi connectivity index (χ4v) is 1.41. The van der Waals surface area contributed by atoms with E-state index in [4.69, 9.17) is 0 Å². The van der Waals surface area contributed by atoms with Crippen molar-refractivity contribution in [3.05, 3.63) is 23.5 Å². The van der Waals surface area contributed by atoms with Crippen LogP contribution in [-0.4, -0.2) is 22.0 Å². The van der Waals surface area contributed by atoms with Crippen molar-refractivity contribution in [1.29, 1.82) is 0 Å². The Balaban J connectivity index is 2.37. The summed E-state index contributed by atoms with van der Waals surface area (Å²) in [4.78, 5) is 14.0. The standard InChI is InChI=1S/C8H9NO2/c10-7-3-5-1-2-9-6(5)4-8(7)11/h1-2,7,9-10H,3-4H2. The largest absolute Gasteiger partial charge is 0.385 e. The molecule has 1 aromatic heterocycles. The molecule has 0 saturated heterocycles. The van der Waals surface area contributed by atoms with E-state index in [0.717, 1.165) is 11.3 Å². The number of fused-ring (bicyclic) bond motifs is 1. The van der Waals surface area contributed by atoms with Crippen LogP contribution in [0.25, 0.3) is 0 Å². The maximum atomic E-state index is 11.0. The molecular formula is C8H9NO2.